The van der Waals surface area contributed by atoms with Crippen LogP contribution in [0.5, 0.6) is 0 Å². The van der Waals surface area contributed by atoms with Crippen LogP contribution in [0, 0.1) is 0 Å². The molecule has 0 aromatic heterocycles. The van der Waals surface area contributed by atoms with Gasteiger partial charge in [0.05, 0.1) is 0 Å². The molecule has 0 heterocycles. The summed E-state index contributed by atoms with van der Waals surface area (Å²) < 4.78 is 0. The van der Waals surface area contributed by atoms with E-state index >= 15 is 0 Å². The molecule has 7 rings (SSSR count). The van der Waals surface area contributed by atoms with Gasteiger partial charge in [-0.15, -0.1) is 0 Å². The average molecular weight is 366 g/mol. The largest absolute Gasteiger partial charge is 0.0619 e. The molecule has 0 saturated heterocycles. The predicted molar refractivity (Wildman–Crippen MR) is 123 cm³/mol. The van der Waals surface area contributed by atoms with Gasteiger partial charge in [0.25, 0.3) is 0 Å². The molecule has 0 amide bonds. The fraction of sp³-hybridized carbons (Fsp3) is 0.0345. The molecule has 0 fully saturated rings. The second-order valence-corrected chi connectivity index (χ2v) is 8.08. The maximum atomic E-state index is 2.46. The van der Waals surface area contributed by atoms with E-state index in [4.69, 9.17) is 0 Å². The van der Waals surface area contributed by atoms with Crippen molar-refractivity contribution in [3.05, 3.63) is 119 Å². The van der Waals surface area contributed by atoms with E-state index in [1.165, 1.54) is 60.5 Å². The summed E-state index contributed by atoms with van der Waals surface area (Å²) in [7, 11) is 0. The van der Waals surface area contributed by atoms with E-state index in [9.17, 15) is 0 Å². The van der Waals surface area contributed by atoms with Crippen LogP contribution in [0.2, 0.25) is 0 Å². The molecule has 0 radical (unpaired) electrons. The summed E-state index contributed by atoms with van der Waals surface area (Å²) in [5.74, 6) is 0.297. The fourth-order valence-electron chi connectivity index (χ4n) is 5.58. The zero-order chi connectivity index (χ0) is 18.9. The zero-order valence-corrected chi connectivity index (χ0v) is 15.9. The molecule has 0 heteroatoms. The van der Waals surface area contributed by atoms with Crippen molar-refractivity contribution in [2.45, 2.75) is 5.92 Å². The van der Waals surface area contributed by atoms with Gasteiger partial charge in [0, 0.05) is 5.92 Å². The van der Waals surface area contributed by atoms with E-state index in [-0.39, 0.29) is 0 Å². The van der Waals surface area contributed by atoms with E-state index in [2.05, 4.69) is 103 Å². The SMILES string of the molecule is C1=C2c3ccccc3-c3ccccc3C2c2c1c1ccccc1c1ccccc21. The Hall–Kier alpha value is -3.64. The Morgan fingerprint density at radius 2 is 1.00 bits per heavy atom. The third kappa shape index (κ3) is 1.89. The lowest BCUT2D eigenvalue weighted by molar-refractivity contribution is 1.07. The zero-order valence-electron chi connectivity index (χ0n) is 15.9. The Bertz CT molecular complexity index is 1500. The summed E-state index contributed by atoms with van der Waals surface area (Å²) in [5, 5.41) is 5.44. The molecule has 1 unspecified atom stereocenters. The molecule has 2 aliphatic carbocycles. The lowest BCUT2D eigenvalue weighted by atomic mass is 9.74. The van der Waals surface area contributed by atoms with Crippen molar-refractivity contribution in [1.82, 2.24) is 0 Å². The number of fused-ring (bicyclic) bond motifs is 13. The number of hydrogen-bond donors (Lipinski definition) is 0. The van der Waals surface area contributed by atoms with Crippen LogP contribution in [-0.2, 0) is 0 Å². The highest BCUT2D eigenvalue weighted by Crippen LogP contribution is 2.56. The highest BCUT2D eigenvalue weighted by atomic mass is 14.4. The number of benzene rings is 5. The number of rotatable bonds is 0. The van der Waals surface area contributed by atoms with Gasteiger partial charge in [0.15, 0.2) is 0 Å². The maximum Gasteiger partial charge on any atom is 0.0364 e. The first-order valence-electron chi connectivity index (χ1n) is 10.3. The van der Waals surface area contributed by atoms with Crippen LogP contribution in [0.25, 0.3) is 44.3 Å². The van der Waals surface area contributed by atoms with Crippen LogP contribution in [0.4, 0.5) is 0 Å². The molecule has 134 valence electrons. The van der Waals surface area contributed by atoms with Gasteiger partial charge in [-0.25, -0.2) is 0 Å². The van der Waals surface area contributed by atoms with E-state index in [0.29, 0.717) is 5.92 Å². The quantitative estimate of drug-likeness (QED) is 0.247. The topological polar surface area (TPSA) is 0 Å². The van der Waals surface area contributed by atoms with Crippen molar-refractivity contribution < 1.29 is 0 Å². The summed E-state index contributed by atoms with van der Waals surface area (Å²) in [5.41, 5.74) is 9.83. The van der Waals surface area contributed by atoms with Gasteiger partial charge in [0.2, 0.25) is 0 Å². The molecule has 5 aromatic carbocycles. The van der Waals surface area contributed by atoms with Gasteiger partial charge in [0.1, 0.15) is 0 Å². The van der Waals surface area contributed by atoms with Gasteiger partial charge in [-0.1, -0.05) is 97.1 Å². The minimum absolute atomic E-state index is 0.297. The normalized spacial score (nSPS) is 16.1. The van der Waals surface area contributed by atoms with Crippen LogP contribution in [-0.4, -0.2) is 0 Å². The summed E-state index contributed by atoms with van der Waals surface area (Å²) in [6.07, 6.45) is 2.46. The van der Waals surface area contributed by atoms with Crippen molar-refractivity contribution in [2.75, 3.05) is 0 Å². The first kappa shape index (κ1) is 15.3. The van der Waals surface area contributed by atoms with Crippen LogP contribution in [0.15, 0.2) is 97.1 Å². The number of hydrogen-bond acceptors (Lipinski definition) is 0. The molecular formula is C29H18. The van der Waals surface area contributed by atoms with Crippen molar-refractivity contribution in [2.24, 2.45) is 0 Å². The summed E-state index contributed by atoms with van der Waals surface area (Å²) >= 11 is 0. The fourth-order valence-corrected chi connectivity index (χ4v) is 5.58. The van der Waals surface area contributed by atoms with Crippen LogP contribution in [0.3, 0.4) is 0 Å². The Morgan fingerprint density at radius 1 is 0.448 bits per heavy atom. The number of allylic oxidation sites excluding steroid dienone is 1. The first-order valence-corrected chi connectivity index (χ1v) is 10.3. The van der Waals surface area contributed by atoms with Crippen LogP contribution in [0.1, 0.15) is 28.2 Å². The third-order valence-electron chi connectivity index (χ3n) is 6.71. The molecule has 0 nitrogen and oxygen atoms in total. The van der Waals surface area contributed by atoms with Gasteiger partial charge in [-0.2, -0.15) is 0 Å². The Kier molecular flexibility index (Phi) is 2.88. The Balaban J connectivity index is 1.70. The molecule has 2 aliphatic rings. The summed E-state index contributed by atoms with van der Waals surface area (Å²) in [6.45, 7) is 0. The minimum Gasteiger partial charge on any atom is -0.0619 e. The van der Waals surface area contributed by atoms with Gasteiger partial charge in [-0.3, -0.25) is 0 Å². The highest BCUT2D eigenvalue weighted by molar-refractivity contribution is 6.18. The van der Waals surface area contributed by atoms with Gasteiger partial charge >= 0.3 is 0 Å². The van der Waals surface area contributed by atoms with E-state index in [0.717, 1.165) is 0 Å². The van der Waals surface area contributed by atoms with E-state index in [1.807, 2.05) is 0 Å². The maximum absolute atomic E-state index is 2.46. The molecule has 0 saturated carbocycles. The van der Waals surface area contributed by atoms with Gasteiger partial charge < -0.3 is 0 Å². The average Bonchev–Trinajstić information content (AvgIpc) is 3.21. The van der Waals surface area contributed by atoms with E-state index in [1.54, 1.807) is 0 Å². The second kappa shape index (κ2) is 5.46. The first-order chi connectivity index (χ1) is 14.4. The molecule has 1 atom stereocenters. The second-order valence-electron chi connectivity index (χ2n) is 8.08. The monoisotopic (exact) mass is 366 g/mol. The lowest BCUT2D eigenvalue weighted by Crippen LogP contribution is -2.09. The lowest BCUT2D eigenvalue weighted by Gasteiger charge is -2.29. The minimum atomic E-state index is 0.297. The molecule has 0 aliphatic heterocycles. The van der Waals surface area contributed by atoms with Crippen LogP contribution < -0.4 is 0 Å². The van der Waals surface area contributed by atoms with E-state index < -0.39 is 0 Å². The smallest absolute Gasteiger partial charge is 0.0364 e. The molecule has 29 heavy (non-hydrogen) atoms. The molecular weight excluding hydrogens is 348 g/mol. The van der Waals surface area contributed by atoms with Crippen molar-refractivity contribution in [3.8, 4) is 11.1 Å². The molecule has 0 bridgehead atoms. The Labute approximate surface area is 169 Å². The van der Waals surface area contributed by atoms with Crippen molar-refractivity contribution >= 4 is 33.2 Å². The third-order valence-corrected chi connectivity index (χ3v) is 6.71. The highest BCUT2D eigenvalue weighted by Gasteiger charge is 2.36. The molecule has 0 spiro atoms. The standard InChI is InChI=1S/C29H18/c1-3-13-22-18(9-1)20-11-5-7-15-24(20)28-26(22)17-27-23-14-4-2-10-19(23)21-12-6-8-16-25(21)29(27)28/h1-17,28H. The molecule has 0 N–H and O–H groups in total. The van der Waals surface area contributed by atoms with Gasteiger partial charge in [-0.05, 0) is 66.6 Å². The summed E-state index contributed by atoms with van der Waals surface area (Å²) in [4.78, 5) is 0. The Morgan fingerprint density at radius 3 is 1.79 bits per heavy atom. The predicted octanol–water partition coefficient (Wildman–Crippen LogP) is 7.66. The van der Waals surface area contributed by atoms with Crippen LogP contribution >= 0.6 is 0 Å². The van der Waals surface area contributed by atoms with Crippen molar-refractivity contribution in [1.29, 1.82) is 0 Å². The van der Waals surface area contributed by atoms with Crippen molar-refractivity contribution in [3.63, 3.8) is 0 Å². The molecule has 5 aromatic rings. The summed E-state index contributed by atoms with van der Waals surface area (Å²) in [6, 6.07) is 35.6.